The summed E-state index contributed by atoms with van der Waals surface area (Å²) in [4.78, 5) is 0. The first-order valence-corrected chi connectivity index (χ1v) is 23.7. The number of aryl methyl sites for hydroxylation is 2. The summed E-state index contributed by atoms with van der Waals surface area (Å²) in [7, 11) is -2.82. The average molecular weight is 747 g/mol. The van der Waals surface area contributed by atoms with Crippen molar-refractivity contribution in [3.63, 3.8) is 0 Å². The van der Waals surface area contributed by atoms with Crippen LogP contribution < -0.4 is 0 Å². The zero-order valence-corrected chi connectivity index (χ0v) is 35.1. The van der Waals surface area contributed by atoms with E-state index in [-0.39, 0.29) is 0 Å². The van der Waals surface area contributed by atoms with E-state index in [4.69, 9.17) is 0 Å². The van der Waals surface area contributed by atoms with Crippen molar-refractivity contribution in [1.82, 2.24) is 0 Å². The molecule has 4 aromatic heterocycles. The van der Waals surface area contributed by atoms with Crippen LogP contribution in [0.4, 0.5) is 0 Å². The molecule has 4 heteroatoms. The predicted molar refractivity (Wildman–Crippen MR) is 237 cm³/mol. The molecule has 0 aliphatic carbocycles. The van der Waals surface area contributed by atoms with E-state index in [0.29, 0.717) is 0 Å². The standard InChI is InChI=1S/C48H46P4/c1-31-29-49(39-21-13-9-14-22-39)43(33(31)3)45-35(5)37(7)47(51(45)41-25-17-11-18-26-41)48-38(8)36(6)46(52(48)42-27-19-12-20-28-42)44-34(4)32(2)30-50(44)40-23-15-10-16-24-40/h9-30H,1-8H3. The van der Waals surface area contributed by atoms with E-state index in [2.05, 4.69) is 188 Å². The van der Waals surface area contributed by atoms with Crippen LogP contribution in [0.5, 0.6) is 0 Å². The second-order valence-electron chi connectivity index (χ2n) is 14.2. The van der Waals surface area contributed by atoms with Crippen LogP contribution in [0.15, 0.2) is 133 Å². The van der Waals surface area contributed by atoms with Gasteiger partial charge in [0.2, 0.25) is 0 Å². The molecule has 4 aromatic carbocycles. The SMILES string of the molecule is Cc1cp(-c2ccccc2)c(-c2c(C)c(C)c(-c3c(C)c(C)c(-c4c(C)c(C)cp4-c4ccccc4)p3-c3ccccc3)p2-c2ccccc2)c1C. The third-order valence-corrected chi connectivity index (χ3v) is 22.5. The van der Waals surface area contributed by atoms with E-state index in [1.165, 1.54) is 65.7 Å². The minimum absolute atomic E-state index is 0.605. The highest BCUT2D eigenvalue weighted by atomic mass is 31.1. The van der Waals surface area contributed by atoms with Crippen molar-refractivity contribution in [2.45, 2.75) is 55.4 Å². The molecule has 52 heavy (non-hydrogen) atoms. The van der Waals surface area contributed by atoms with Crippen LogP contribution in [0.25, 0.3) is 53.0 Å². The molecule has 0 radical (unpaired) electrons. The van der Waals surface area contributed by atoms with Crippen molar-refractivity contribution in [3.8, 4) is 53.0 Å². The van der Waals surface area contributed by atoms with Crippen molar-refractivity contribution in [2.24, 2.45) is 0 Å². The fraction of sp³-hybridized carbons (Fsp3) is 0.167. The van der Waals surface area contributed by atoms with Crippen LogP contribution in [0.3, 0.4) is 0 Å². The minimum atomic E-state index is -0.807. The number of hydrogen-bond acceptors (Lipinski definition) is 0. The Balaban J connectivity index is 1.53. The highest BCUT2D eigenvalue weighted by Gasteiger charge is 2.32. The quantitative estimate of drug-likeness (QED) is 0.152. The van der Waals surface area contributed by atoms with Crippen LogP contribution in [0.2, 0.25) is 0 Å². The molecule has 0 bridgehead atoms. The van der Waals surface area contributed by atoms with Gasteiger partial charge in [-0.05, 0) is 133 Å². The minimum Gasteiger partial charge on any atom is -0.0844 e. The Morgan fingerprint density at radius 1 is 0.269 bits per heavy atom. The Hall–Kier alpha value is -4.00. The Kier molecular flexibility index (Phi) is 9.50. The fourth-order valence-corrected chi connectivity index (χ4v) is 20.9. The molecule has 0 nitrogen and oxygen atoms in total. The lowest BCUT2D eigenvalue weighted by atomic mass is 10.0. The lowest BCUT2D eigenvalue weighted by Crippen LogP contribution is -1.81. The van der Waals surface area contributed by atoms with Gasteiger partial charge in [-0.15, -0.1) is 0 Å². The lowest BCUT2D eigenvalue weighted by molar-refractivity contribution is 1.37. The molecule has 0 saturated heterocycles. The molecule has 8 aromatic rings. The molecular weight excluding hydrogens is 700 g/mol. The maximum Gasteiger partial charge on any atom is 0.0140 e. The first kappa shape index (κ1) is 35.1. The van der Waals surface area contributed by atoms with Gasteiger partial charge in [-0.2, -0.15) is 0 Å². The molecule has 258 valence electrons. The van der Waals surface area contributed by atoms with E-state index in [1.54, 1.807) is 31.8 Å². The van der Waals surface area contributed by atoms with Gasteiger partial charge in [0.25, 0.3) is 0 Å². The Bertz CT molecular complexity index is 2370. The molecule has 4 unspecified atom stereocenters. The van der Waals surface area contributed by atoms with Gasteiger partial charge in [-0.25, -0.2) is 0 Å². The molecule has 0 aliphatic heterocycles. The predicted octanol–water partition coefficient (Wildman–Crippen LogP) is 17.1. The average Bonchev–Trinajstić information content (AvgIpc) is 3.82. The van der Waals surface area contributed by atoms with Gasteiger partial charge >= 0.3 is 0 Å². The van der Waals surface area contributed by atoms with Crippen LogP contribution >= 0.6 is 30.1 Å². The van der Waals surface area contributed by atoms with E-state index >= 15 is 0 Å². The number of hydrogen-bond donors (Lipinski definition) is 0. The number of benzene rings is 4. The van der Waals surface area contributed by atoms with E-state index in [0.717, 1.165) is 0 Å². The van der Waals surface area contributed by atoms with Gasteiger partial charge < -0.3 is 0 Å². The van der Waals surface area contributed by atoms with Crippen molar-refractivity contribution >= 4 is 30.1 Å². The molecule has 0 spiro atoms. The second-order valence-corrected chi connectivity index (χ2v) is 22.3. The normalized spacial score (nSPS) is 12.8. The summed E-state index contributed by atoms with van der Waals surface area (Å²) < 4.78 is 0. The first-order valence-electron chi connectivity index (χ1n) is 18.2. The molecule has 0 amide bonds. The van der Waals surface area contributed by atoms with Crippen LogP contribution in [0, 0.1) is 55.4 Å². The fourth-order valence-electron chi connectivity index (χ4n) is 8.02. The smallest absolute Gasteiger partial charge is 0.0140 e. The summed E-state index contributed by atoms with van der Waals surface area (Å²) in [5.74, 6) is 5.16. The van der Waals surface area contributed by atoms with E-state index < -0.39 is 30.1 Å². The van der Waals surface area contributed by atoms with Crippen molar-refractivity contribution in [1.29, 1.82) is 0 Å². The second kappa shape index (κ2) is 14.1. The van der Waals surface area contributed by atoms with Crippen molar-refractivity contribution in [2.75, 3.05) is 0 Å². The zero-order chi connectivity index (χ0) is 36.3. The van der Waals surface area contributed by atoms with E-state index in [1.807, 2.05) is 0 Å². The molecule has 0 aliphatic rings. The first-order chi connectivity index (χ1) is 25.2. The molecule has 8 rings (SSSR count). The van der Waals surface area contributed by atoms with Gasteiger partial charge in [0.15, 0.2) is 0 Å². The van der Waals surface area contributed by atoms with Gasteiger partial charge in [0.05, 0.1) is 0 Å². The summed E-state index contributed by atoms with van der Waals surface area (Å²) in [6.45, 7) is 19.2. The Morgan fingerprint density at radius 2 is 0.519 bits per heavy atom. The summed E-state index contributed by atoms with van der Waals surface area (Å²) in [5, 5.41) is 15.4. The largest absolute Gasteiger partial charge is 0.0844 e. The maximum absolute atomic E-state index is 2.58. The molecular formula is C48H46P4. The topological polar surface area (TPSA) is 0 Å². The van der Waals surface area contributed by atoms with E-state index in [9.17, 15) is 0 Å². The third-order valence-electron chi connectivity index (χ3n) is 11.2. The molecule has 0 saturated carbocycles. The molecule has 0 fully saturated rings. The van der Waals surface area contributed by atoms with Crippen LogP contribution in [0.1, 0.15) is 44.5 Å². The number of rotatable bonds is 7. The van der Waals surface area contributed by atoms with Gasteiger partial charge in [0, 0.05) is 31.8 Å². The molecule has 0 N–H and O–H groups in total. The zero-order valence-electron chi connectivity index (χ0n) is 31.5. The summed E-state index contributed by atoms with van der Waals surface area (Å²) >= 11 is 0. The Labute approximate surface area is 314 Å². The monoisotopic (exact) mass is 746 g/mol. The van der Waals surface area contributed by atoms with Crippen LogP contribution in [-0.4, -0.2) is 0 Å². The maximum atomic E-state index is 2.58. The van der Waals surface area contributed by atoms with Gasteiger partial charge in [0.1, 0.15) is 0 Å². The lowest BCUT2D eigenvalue weighted by Gasteiger charge is -2.17. The molecule has 4 atom stereocenters. The van der Waals surface area contributed by atoms with Crippen molar-refractivity contribution < 1.29 is 0 Å². The Morgan fingerprint density at radius 3 is 0.808 bits per heavy atom. The summed E-state index contributed by atoms with van der Waals surface area (Å²) in [5.41, 5.74) is 11.8. The van der Waals surface area contributed by atoms with Gasteiger partial charge in [-0.3, -0.25) is 0 Å². The highest BCUT2D eigenvalue weighted by molar-refractivity contribution is 7.71. The summed E-state index contributed by atoms with van der Waals surface area (Å²) in [6, 6.07) is 45.6. The highest BCUT2D eigenvalue weighted by Crippen LogP contribution is 2.72. The van der Waals surface area contributed by atoms with Crippen molar-refractivity contribution in [3.05, 3.63) is 177 Å². The summed E-state index contributed by atoms with van der Waals surface area (Å²) in [6.07, 6.45) is 0. The van der Waals surface area contributed by atoms with Gasteiger partial charge in [-0.1, -0.05) is 151 Å². The third kappa shape index (κ3) is 5.69. The molecule has 4 heterocycles. The van der Waals surface area contributed by atoms with Crippen LogP contribution in [-0.2, 0) is 0 Å².